The summed E-state index contributed by atoms with van der Waals surface area (Å²) in [5.41, 5.74) is 2.68. The first-order valence-electron chi connectivity index (χ1n) is 12.3. The van der Waals surface area contributed by atoms with Crippen LogP contribution in [0.2, 0.25) is 0 Å². The van der Waals surface area contributed by atoms with Crippen molar-refractivity contribution in [1.29, 1.82) is 0 Å². The number of carbonyl (C=O) groups is 1. The Balaban J connectivity index is 1.77. The highest BCUT2D eigenvalue weighted by Gasteiger charge is 2.22. The summed E-state index contributed by atoms with van der Waals surface area (Å²) in [6, 6.07) is 8.19. The molecule has 3 rings (SSSR count). The Labute approximate surface area is 222 Å². The van der Waals surface area contributed by atoms with E-state index in [0.29, 0.717) is 23.2 Å². The van der Waals surface area contributed by atoms with Crippen LogP contribution >= 0.6 is 23.5 Å². The van der Waals surface area contributed by atoms with Gasteiger partial charge in [-0.25, -0.2) is 19.5 Å². The fourth-order valence-corrected chi connectivity index (χ4v) is 5.34. The van der Waals surface area contributed by atoms with Crippen LogP contribution in [0.1, 0.15) is 70.8 Å². The topological polar surface area (TPSA) is 92.5 Å². The Morgan fingerprint density at radius 3 is 2.64 bits per heavy atom. The number of nitrogens with one attached hydrogen (secondary N) is 1. The number of anilines is 1. The van der Waals surface area contributed by atoms with Crippen LogP contribution in [0.4, 0.5) is 9.80 Å². The van der Waals surface area contributed by atoms with E-state index in [0.717, 1.165) is 64.4 Å². The van der Waals surface area contributed by atoms with Crippen molar-refractivity contribution in [2.45, 2.75) is 72.8 Å². The number of imidazole rings is 1. The van der Waals surface area contributed by atoms with Crippen molar-refractivity contribution in [2.24, 2.45) is 5.92 Å². The van der Waals surface area contributed by atoms with Crippen LogP contribution in [0.5, 0.6) is 0 Å². The molecule has 8 nitrogen and oxygen atoms in total. The van der Waals surface area contributed by atoms with Gasteiger partial charge < -0.3 is 9.30 Å². The summed E-state index contributed by atoms with van der Waals surface area (Å²) in [7, 11) is 0. The molecule has 1 amide bonds. The molecule has 0 aliphatic heterocycles. The SMILES string of the molecule is CCCCOC(=O)NSN(O)c1sc(CC(C)C)nc1-c1ccc(Cn2ccnc2C(C)(C)C)cc1. The van der Waals surface area contributed by atoms with E-state index in [-0.39, 0.29) is 5.41 Å². The summed E-state index contributed by atoms with van der Waals surface area (Å²) in [5, 5.41) is 12.2. The Morgan fingerprint density at radius 1 is 1.28 bits per heavy atom. The zero-order valence-electron chi connectivity index (χ0n) is 21.9. The highest BCUT2D eigenvalue weighted by molar-refractivity contribution is 7.99. The predicted octanol–water partition coefficient (Wildman–Crippen LogP) is 6.84. The van der Waals surface area contributed by atoms with Crippen LogP contribution in [0.25, 0.3) is 11.3 Å². The molecule has 196 valence electrons. The molecule has 1 aromatic carbocycles. The van der Waals surface area contributed by atoms with Gasteiger partial charge in [0.05, 0.1) is 11.6 Å². The van der Waals surface area contributed by atoms with Crippen molar-refractivity contribution < 1.29 is 14.7 Å². The Morgan fingerprint density at radius 2 is 2.00 bits per heavy atom. The molecule has 0 aliphatic carbocycles. The van der Waals surface area contributed by atoms with Crippen molar-refractivity contribution in [3.8, 4) is 11.3 Å². The Bertz CT molecular complexity index is 1120. The fraction of sp³-hybridized carbons (Fsp3) is 0.500. The van der Waals surface area contributed by atoms with Crippen molar-refractivity contribution in [1.82, 2.24) is 19.3 Å². The molecule has 0 spiro atoms. The van der Waals surface area contributed by atoms with Crippen LogP contribution in [-0.4, -0.2) is 32.4 Å². The van der Waals surface area contributed by atoms with E-state index in [1.807, 2.05) is 31.5 Å². The third kappa shape index (κ3) is 7.72. The van der Waals surface area contributed by atoms with Gasteiger partial charge in [0.25, 0.3) is 0 Å². The number of nitrogens with zero attached hydrogens (tertiary/aromatic N) is 4. The zero-order valence-corrected chi connectivity index (χ0v) is 23.6. The van der Waals surface area contributed by atoms with Gasteiger partial charge in [-0.1, -0.05) is 83.6 Å². The molecule has 0 saturated heterocycles. The highest BCUT2D eigenvalue weighted by atomic mass is 32.2. The smallest absolute Gasteiger partial charge is 0.418 e. The summed E-state index contributed by atoms with van der Waals surface area (Å²) in [5.74, 6) is 1.47. The van der Waals surface area contributed by atoms with E-state index in [4.69, 9.17) is 9.72 Å². The maximum absolute atomic E-state index is 11.9. The van der Waals surface area contributed by atoms with Gasteiger partial charge in [0.1, 0.15) is 23.7 Å². The third-order valence-corrected chi connectivity index (χ3v) is 7.11. The van der Waals surface area contributed by atoms with Crippen molar-refractivity contribution in [2.75, 3.05) is 11.1 Å². The molecular weight excluding hydrogens is 494 g/mol. The number of hydrogen-bond acceptors (Lipinski definition) is 8. The molecule has 3 aromatic rings. The number of unbranched alkanes of at least 4 members (excludes halogenated alkanes) is 1. The molecule has 10 heteroatoms. The first kappa shape index (κ1) is 28.0. The maximum Gasteiger partial charge on any atom is 0.418 e. The molecule has 2 N–H and O–H groups in total. The second-order valence-electron chi connectivity index (χ2n) is 10.1. The highest BCUT2D eigenvalue weighted by Crippen LogP contribution is 2.38. The summed E-state index contributed by atoms with van der Waals surface area (Å²) < 4.78 is 10.7. The largest absolute Gasteiger partial charge is 0.449 e. The van der Waals surface area contributed by atoms with E-state index in [1.165, 1.54) is 11.3 Å². The summed E-state index contributed by atoms with van der Waals surface area (Å²) in [6.45, 7) is 13.8. The van der Waals surface area contributed by atoms with Gasteiger partial charge in [-0.3, -0.25) is 5.21 Å². The molecule has 36 heavy (non-hydrogen) atoms. The molecule has 0 unspecified atom stereocenters. The van der Waals surface area contributed by atoms with Gasteiger partial charge >= 0.3 is 6.09 Å². The summed E-state index contributed by atoms with van der Waals surface area (Å²) in [6.07, 6.45) is 5.80. The molecule has 0 radical (unpaired) electrons. The van der Waals surface area contributed by atoms with E-state index >= 15 is 0 Å². The summed E-state index contributed by atoms with van der Waals surface area (Å²) in [4.78, 5) is 21.3. The lowest BCUT2D eigenvalue weighted by Crippen LogP contribution is -2.23. The average molecular weight is 532 g/mol. The first-order chi connectivity index (χ1) is 17.1. The average Bonchev–Trinajstić information content (AvgIpc) is 3.45. The number of aromatic nitrogens is 3. The van der Waals surface area contributed by atoms with Crippen LogP contribution < -0.4 is 9.19 Å². The molecule has 2 heterocycles. The quantitative estimate of drug-likeness (QED) is 0.159. The Kier molecular flexibility index (Phi) is 9.81. The lowest BCUT2D eigenvalue weighted by Gasteiger charge is -2.20. The van der Waals surface area contributed by atoms with Crippen molar-refractivity contribution >= 4 is 34.6 Å². The van der Waals surface area contributed by atoms with E-state index in [9.17, 15) is 10.0 Å². The second-order valence-corrected chi connectivity index (χ2v) is 11.9. The van der Waals surface area contributed by atoms with Gasteiger partial charge in [0, 0.05) is 36.3 Å². The van der Waals surface area contributed by atoms with Gasteiger partial charge in [0.15, 0.2) is 5.00 Å². The lowest BCUT2D eigenvalue weighted by molar-refractivity contribution is 0.151. The Hall–Kier alpha value is -2.56. The minimum absolute atomic E-state index is 0.0372. The number of amides is 1. The number of thiazole rings is 1. The number of hydrogen-bond donors (Lipinski definition) is 2. The monoisotopic (exact) mass is 531 g/mol. The number of rotatable bonds is 11. The van der Waals surface area contributed by atoms with Crippen LogP contribution in [0.15, 0.2) is 36.7 Å². The molecule has 0 fully saturated rings. The van der Waals surface area contributed by atoms with E-state index in [1.54, 1.807) is 0 Å². The zero-order chi connectivity index (χ0) is 26.3. The van der Waals surface area contributed by atoms with Gasteiger partial charge in [0.2, 0.25) is 0 Å². The van der Waals surface area contributed by atoms with Crippen molar-refractivity contribution in [3.05, 3.63) is 53.1 Å². The third-order valence-electron chi connectivity index (χ3n) is 5.32. The number of ether oxygens (including phenoxy) is 1. The molecule has 0 aliphatic rings. The van der Waals surface area contributed by atoms with Crippen LogP contribution in [0.3, 0.4) is 0 Å². The van der Waals surface area contributed by atoms with Crippen LogP contribution in [0, 0.1) is 5.92 Å². The van der Waals surface area contributed by atoms with Gasteiger partial charge in [-0.05, 0) is 17.9 Å². The minimum Gasteiger partial charge on any atom is -0.449 e. The lowest BCUT2D eigenvalue weighted by atomic mass is 9.95. The molecule has 0 atom stereocenters. The molecule has 2 aromatic heterocycles. The predicted molar refractivity (Wildman–Crippen MR) is 147 cm³/mol. The first-order valence-corrected chi connectivity index (χ1v) is 13.9. The van der Waals surface area contributed by atoms with Gasteiger partial charge in [-0.15, -0.1) is 0 Å². The minimum atomic E-state index is -0.584. The maximum atomic E-state index is 11.9. The summed E-state index contributed by atoms with van der Waals surface area (Å²) >= 11 is 2.19. The number of carbonyl (C=O) groups excluding carboxylic acids is 1. The molecule has 0 bridgehead atoms. The molecule has 0 saturated carbocycles. The van der Waals surface area contributed by atoms with Crippen molar-refractivity contribution in [3.63, 3.8) is 0 Å². The fourth-order valence-electron chi connectivity index (χ4n) is 3.62. The normalized spacial score (nSPS) is 11.7. The van der Waals surface area contributed by atoms with E-state index in [2.05, 4.69) is 61.0 Å². The van der Waals surface area contributed by atoms with Crippen LogP contribution in [-0.2, 0) is 23.1 Å². The standard InChI is InChI=1S/C26H37N5O3S2/c1-7-8-15-34-25(32)29-36-31(33)23-22(28-21(35-23)16-18(2)3)20-11-9-19(10-12-20)17-30-14-13-27-24(30)26(4,5)6/h9-14,18,33H,7-8,15-17H2,1-6H3,(H,29,32). The van der Waals surface area contributed by atoms with E-state index < -0.39 is 6.09 Å². The molecular formula is C26H37N5O3S2. The number of benzene rings is 1. The van der Waals surface area contributed by atoms with Gasteiger partial charge in [-0.2, -0.15) is 4.47 Å². The second kappa shape index (κ2) is 12.6.